The summed E-state index contributed by atoms with van der Waals surface area (Å²) < 4.78 is 11.0. The van der Waals surface area contributed by atoms with Crippen LogP contribution < -0.4 is 16.4 Å². The van der Waals surface area contributed by atoms with E-state index in [1.165, 1.54) is 0 Å². The zero-order chi connectivity index (χ0) is 17.3. The molecular formula is C19H23N5O2. The Hall–Kier alpha value is -1.96. The zero-order valence-electron chi connectivity index (χ0n) is 14.5. The highest BCUT2D eigenvalue weighted by Crippen LogP contribution is 2.55. The number of nitrogens with zero attached hydrogens (tertiary/aromatic N) is 2. The molecule has 6 rings (SSSR count). The fourth-order valence-electron chi connectivity index (χ4n) is 4.97. The number of nitrogens with one attached hydrogen (secondary N) is 2. The lowest BCUT2D eigenvalue weighted by atomic mass is 10.1. The maximum Gasteiger partial charge on any atom is 0.200 e. The fraction of sp³-hybridized carbons (Fsp3) is 0.579. The first-order chi connectivity index (χ1) is 12.7. The van der Waals surface area contributed by atoms with Gasteiger partial charge in [0.15, 0.2) is 11.7 Å². The molecule has 26 heavy (non-hydrogen) atoms. The molecule has 1 aromatic carbocycles. The minimum Gasteiger partial charge on any atom is -0.381 e. The molecule has 0 aromatic heterocycles. The molecule has 0 bridgehead atoms. The molecule has 1 aromatic rings. The summed E-state index contributed by atoms with van der Waals surface area (Å²) in [6.07, 6.45) is 0. The fourth-order valence-corrected chi connectivity index (χ4v) is 4.97. The van der Waals surface area contributed by atoms with Crippen LogP contribution in [0, 0.1) is 29.6 Å². The lowest BCUT2D eigenvalue weighted by Crippen LogP contribution is -2.65. The van der Waals surface area contributed by atoms with Crippen molar-refractivity contribution in [2.45, 2.75) is 11.8 Å². The number of nitrogens with two attached hydrogens (primary N) is 1. The van der Waals surface area contributed by atoms with Gasteiger partial charge in [-0.15, -0.1) is 0 Å². The maximum absolute atomic E-state index is 6.79. The van der Waals surface area contributed by atoms with Gasteiger partial charge in [-0.1, -0.05) is 30.3 Å². The molecule has 3 aliphatic heterocycles. The Morgan fingerprint density at radius 2 is 1.65 bits per heavy atom. The third kappa shape index (κ3) is 2.24. The highest BCUT2D eigenvalue weighted by atomic mass is 16.5. The Bertz CT molecular complexity index is 776. The van der Waals surface area contributed by atoms with E-state index >= 15 is 0 Å². The summed E-state index contributed by atoms with van der Waals surface area (Å²) in [6, 6.07) is 10.5. The molecule has 7 nitrogen and oxygen atoms in total. The molecule has 0 radical (unpaired) electrons. The van der Waals surface area contributed by atoms with E-state index in [2.05, 4.69) is 10.6 Å². The van der Waals surface area contributed by atoms with Gasteiger partial charge in [-0.05, 0) is 11.8 Å². The summed E-state index contributed by atoms with van der Waals surface area (Å²) in [6.45, 7) is 3.22. The number of ether oxygens (including phenoxy) is 2. The number of hydrogen-bond donors (Lipinski definition) is 3. The molecule has 5 atom stereocenters. The van der Waals surface area contributed by atoms with Crippen molar-refractivity contribution in [1.82, 2.24) is 10.6 Å². The Kier molecular flexibility index (Phi) is 3.07. The van der Waals surface area contributed by atoms with Gasteiger partial charge >= 0.3 is 0 Å². The van der Waals surface area contributed by atoms with Gasteiger partial charge < -0.3 is 20.1 Å². The normalized spacial score (nSPS) is 46.8. The number of guanidine groups is 1. The van der Waals surface area contributed by atoms with E-state index in [-0.39, 0.29) is 0 Å². The SMILES string of the molecule is NC1(C2C3COCC32)N=C(c2ccccc2)NC(=NC2C3COCC32)N1. The monoisotopic (exact) mass is 353 g/mol. The number of rotatable bonds is 3. The highest BCUT2D eigenvalue weighted by molar-refractivity contribution is 6.10. The Labute approximate surface area is 152 Å². The lowest BCUT2D eigenvalue weighted by molar-refractivity contribution is 0.129. The largest absolute Gasteiger partial charge is 0.381 e. The van der Waals surface area contributed by atoms with Gasteiger partial charge in [0.05, 0.1) is 32.5 Å². The van der Waals surface area contributed by atoms with Gasteiger partial charge in [0, 0.05) is 23.3 Å². The number of aliphatic imine (C=N–C) groups is 2. The summed E-state index contributed by atoms with van der Waals surface area (Å²) in [7, 11) is 0. The number of benzene rings is 1. The van der Waals surface area contributed by atoms with Crippen molar-refractivity contribution in [3.05, 3.63) is 35.9 Å². The van der Waals surface area contributed by atoms with Crippen molar-refractivity contribution in [3.63, 3.8) is 0 Å². The predicted molar refractivity (Wildman–Crippen MR) is 96.5 cm³/mol. The molecule has 3 heterocycles. The molecule has 2 aliphatic carbocycles. The molecule has 4 N–H and O–H groups in total. The molecule has 7 heteroatoms. The summed E-state index contributed by atoms with van der Waals surface area (Å²) in [5, 5.41) is 6.78. The second kappa shape index (κ2) is 5.28. The van der Waals surface area contributed by atoms with Gasteiger partial charge in [0.2, 0.25) is 0 Å². The van der Waals surface area contributed by atoms with E-state index in [0.717, 1.165) is 43.8 Å². The minimum absolute atomic E-state index is 0.296. The van der Waals surface area contributed by atoms with Crippen LogP contribution in [0.5, 0.6) is 0 Å². The van der Waals surface area contributed by atoms with E-state index in [1.807, 2.05) is 30.3 Å². The van der Waals surface area contributed by atoms with Crippen LogP contribution in [0.2, 0.25) is 0 Å². The molecule has 5 unspecified atom stereocenters. The third-order valence-corrected chi connectivity index (χ3v) is 6.55. The first-order valence-corrected chi connectivity index (χ1v) is 9.45. The highest BCUT2D eigenvalue weighted by Gasteiger charge is 2.64. The van der Waals surface area contributed by atoms with Crippen LogP contribution in [-0.2, 0) is 9.47 Å². The van der Waals surface area contributed by atoms with Crippen LogP contribution in [0.4, 0.5) is 0 Å². The first kappa shape index (κ1) is 15.1. The van der Waals surface area contributed by atoms with Crippen LogP contribution in [0.1, 0.15) is 5.56 Å². The van der Waals surface area contributed by atoms with E-state index in [9.17, 15) is 0 Å². The number of amidine groups is 1. The van der Waals surface area contributed by atoms with Gasteiger partial charge in [0.25, 0.3) is 0 Å². The first-order valence-electron chi connectivity index (χ1n) is 9.45. The summed E-state index contributed by atoms with van der Waals surface area (Å²) in [5.41, 5.74) is 7.81. The Balaban J connectivity index is 1.33. The molecule has 2 saturated carbocycles. The molecule has 0 amide bonds. The van der Waals surface area contributed by atoms with Crippen LogP contribution >= 0.6 is 0 Å². The zero-order valence-corrected chi connectivity index (χ0v) is 14.5. The summed E-state index contributed by atoms with van der Waals surface area (Å²) >= 11 is 0. The lowest BCUT2D eigenvalue weighted by Gasteiger charge is -2.35. The molecule has 2 saturated heterocycles. The van der Waals surface area contributed by atoms with E-state index < -0.39 is 5.79 Å². The van der Waals surface area contributed by atoms with E-state index in [1.54, 1.807) is 0 Å². The average molecular weight is 353 g/mol. The number of fused-ring (bicyclic) bond motifs is 2. The quantitative estimate of drug-likeness (QED) is 0.718. The van der Waals surface area contributed by atoms with Crippen molar-refractivity contribution in [2.75, 3.05) is 26.4 Å². The minimum atomic E-state index is -0.825. The van der Waals surface area contributed by atoms with Crippen molar-refractivity contribution in [2.24, 2.45) is 45.3 Å². The Morgan fingerprint density at radius 3 is 2.35 bits per heavy atom. The van der Waals surface area contributed by atoms with Crippen molar-refractivity contribution < 1.29 is 9.47 Å². The van der Waals surface area contributed by atoms with Crippen LogP contribution in [0.3, 0.4) is 0 Å². The average Bonchev–Trinajstić information content (AvgIpc) is 3.32. The van der Waals surface area contributed by atoms with Gasteiger partial charge in [0.1, 0.15) is 5.84 Å². The Morgan fingerprint density at radius 1 is 1.00 bits per heavy atom. The maximum atomic E-state index is 6.79. The van der Waals surface area contributed by atoms with Crippen molar-refractivity contribution in [3.8, 4) is 0 Å². The standard InChI is InChI=1S/C19H23N5O2/c20-19(15-11-6-25-7-12(11)15)23-17(10-4-2-1-3-5-10)22-18(24-19)21-16-13-8-26-9-14(13)16/h1-5,11-16H,6-9,20H2,(H2,21,22,23,24). The second-order valence-electron chi connectivity index (χ2n) is 8.13. The topological polar surface area (TPSA) is 93.3 Å². The molecule has 5 aliphatic rings. The second-order valence-corrected chi connectivity index (χ2v) is 8.13. The smallest absolute Gasteiger partial charge is 0.200 e. The summed E-state index contributed by atoms with van der Waals surface area (Å²) in [4.78, 5) is 9.82. The number of hydrogen-bond acceptors (Lipinski definition) is 5. The van der Waals surface area contributed by atoms with E-state index in [0.29, 0.717) is 35.6 Å². The summed E-state index contributed by atoms with van der Waals surface area (Å²) in [5.74, 6) is 3.13. The van der Waals surface area contributed by atoms with Gasteiger partial charge in [-0.25, -0.2) is 9.98 Å². The van der Waals surface area contributed by atoms with Crippen LogP contribution in [-0.4, -0.2) is 50.1 Å². The molecule has 0 spiro atoms. The molecule has 4 fully saturated rings. The van der Waals surface area contributed by atoms with Crippen molar-refractivity contribution in [1.29, 1.82) is 0 Å². The molecule has 136 valence electrons. The van der Waals surface area contributed by atoms with Crippen molar-refractivity contribution >= 4 is 11.8 Å². The van der Waals surface area contributed by atoms with Gasteiger partial charge in [-0.2, -0.15) is 0 Å². The van der Waals surface area contributed by atoms with Crippen LogP contribution in [0.15, 0.2) is 40.3 Å². The van der Waals surface area contributed by atoms with Gasteiger partial charge in [-0.3, -0.25) is 5.73 Å². The predicted octanol–water partition coefficient (Wildman–Crippen LogP) is 0.132. The molecular weight excluding hydrogens is 330 g/mol. The van der Waals surface area contributed by atoms with E-state index in [4.69, 9.17) is 25.2 Å². The third-order valence-electron chi connectivity index (χ3n) is 6.55. The van der Waals surface area contributed by atoms with Crippen LogP contribution in [0.25, 0.3) is 0 Å².